The molecule has 0 N–H and O–H groups in total. The van der Waals surface area contributed by atoms with E-state index in [-0.39, 0.29) is 0 Å². The van der Waals surface area contributed by atoms with Crippen molar-refractivity contribution in [3.8, 4) is 61.7 Å². The summed E-state index contributed by atoms with van der Waals surface area (Å²) in [6.07, 6.45) is 0. The first-order chi connectivity index (χ1) is 25.7. The van der Waals surface area contributed by atoms with E-state index in [1.165, 1.54) is 51.5 Å². The van der Waals surface area contributed by atoms with Gasteiger partial charge in [-0.25, -0.2) is 0 Å². The predicted octanol–water partition coefficient (Wildman–Crippen LogP) is 14.6. The van der Waals surface area contributed by atoms with E-state index in [0.29, 0.717) is 5.56 Å². The Morgan fingerprint density at radius 3 is 1.23 bits per heavy atom. The number of thiophene rings is 2. The number of fused-ring (bicyclic) bond motifs is 6. The highest BCUT2D eigenvalue weighted by Gasteiger charge is 2.19. The van der Waals surface area contributed by atoms with Gasteiger partial charge in [0.1, 0.15) is 0 Å². The number of benzene rings is 8. The van der Waals surface area contributed by atoms with Crippen LogP contribution in [0.4, 0.5) is 0 Å². The second kappa shape index (κ2) is 12.5. The van der Waals surface area contributed by atoms with Gasteiger partial charge in [0.25, 0.3) is 0 Å². The molecule has 0 aliphatic heterocycles. The summed E-state index contributed by atoms with van der Waals surface area (Å²) in [5, 5.41) is 15.4. The quantitative estimate of drug-likeness (QED) is 0.176. The lowest BCUT2D eigenvalue weighted by Gasteiger charge is -2.19. The van der Waals surface area contributed by atoms with Crippen molar-refractivity contribution in [2.75, 3.05) is 0 Å². The smallest absolute Gasteiger partial charge is 0.0992 e. The summed E-state index contributed by atoms with van der Waals surface area (Å²) in [6.45, 7) is 0. The van der Waals surface area contributed by atoms with Gasteiger partial charge in [-0.15, -0.1) is 22.7 Å². The molecule has 0 amide bonds. The summed E-state index contributed by atoms with van der Waals surface area (Å²) in [4.78, 5) is 0. The van der Waals surface area contributed by atoms with Crippen molar-refractivity contribution in [1.82, 2.24) is 0 Å². The highest BCUT2D eigenvalue weighted by atomic mass is 32.1. The molecule has 0 aliphatic carbocycles. The van der Waals surface area contributed by atoms with Crippen LogP contribution in [-0.2, 0) is 0 Å². The van der Waals surface area contributed by atoms with Crippen LogP contribution >= 0.6 is 22.7 Å². The maximum Gasteiger partial charge on any atom is 0.0992 e. The standard InChI is InChI=1S/C49H29NS2/c50-30-31-23-41(32-11-3-1-4-12-32)49(42(24-31)33-13-5-2-6-14-33)38-26-36(34-19-21-47-43(28-34)39-15-7-9-17-45(39)51-47)25-37(27-38)35-20-22-48-44(29-35)40-16-8-10-18-46(40)52-48/h1-29H. The average molecular weight is 696 g/mol. The summed E-state index contributed by atoms with van der Waals surface area (Å²) in [5.41, 5.74) is 11.8. The second-order valence-corrected chi connectivity index (χ2v) is 15.4. The van der Waals surface area contributed by atoms with E-state index in [4.69, 9.17) is 0 Å². The number of rotatable bonds is 5. The largest absolute Gasteiger partial charge is 0.192 e. The van der Waals surface area contributed by atoms with Gasteiger partial charge < -0.3 is 0 Å². The highest BCUT2D eigenvalue weighted by Crippen LogP contribution is 2.45. The number of nitrogens with zero attached hydrogens (tertiary/aromatic N) is 1. The number of hydrogen-bond donors (Lipinski definition) is 0. The first kappa shape index (κ1) is 30.5. The fraction of sp³-hybridized carbons (Fsp3) is 0. The lowest BCUT2D eigenvalue weighted by molar-refractivity contribution is 1.47. The van der Waals surface area contributed by atoms with E-state index in [2.05, 4.69) is 170 Å². The van der Waals surface area contributed by atoms with E-state index in [1.807, 2.05) is 34.8 Å². The zero-order valence-corrected chi connectivity index (χ0v) is 29.6. The molecule has 0 spiro atoms. The van der Waals surface area contributed by atoms with Crippen LogP contribution in [0.1, 0.15) is 5.56 Å². The summed E-state index contributed by atoms with van der Waals surface area (Å²) in [6, 6.07) is 65.8. The lowest BCUT2D eigenvalue weighted by atomic mass is 9.84. The minimum Gasteiger partial charge on any atom is -0.192 e. The Hall–Kier alpha value is -6.31. The molecule has 0 saturated carbocycles. The molecule has 0 aliphatic rings. The zero-order valence-electron chi connectivity index (χ0n) is 28.0. The van der Waals surface area contributed by atoms with E-state index in [9.17, 15) is 5.26 Å². The Labute approximate surface area is 309 Å². The molecule has 0 fully saturated rings. The minimum absolute atomic E-state index is 0.641. The molecular formula is C49H29NS2. The monoisotopic (exact) mass is 695 g/mol. The topological polar surface area (TPSA) is 23.8 Å². The van der Waals surface area contributed by atoms with E-state index in [1.54, 1.807) is 0 Å². The van der Waals surface area contributed by atoms with Crippen LogP contribution in [0.25, 0.3) is 96.0 Å². The van der Waals surface area contributed by atoms with Gasteiger partial charge in [0.2, 0.25) is 0 Å². The van der Waals surface area contributed by atoms with E-state index in [0.717, 1.165) is 44.5 Å². The molecule has 1 nitrogen and oxygen atoms in total. The molecule has 3 heteroatoms. The van der Waals surface area contributed by atoms with Crippen molar-refractivity contribution in [3.63, 3.8) is 0 Å². The Kier molecular flexibility index (Phi) is 7.32. The molecule has 0 radical (unpaired) electrons. The van der Waals surface area contributed by atoms with Crippen LogP contribution in [0.5, 0.6) is 0 Å². The maximum atomic E-state index is 10.3. The van der Waals surface area contributed by atoms with E-state index >= 15 is 0 Å². The third kappa shape index (κ3) is 5.20. The fourth-order valence-corrected chi connectivity index (χ4v) is 9.80. The van der Waals surface area contributed by atoms with Gasteiger partial charge in [0.15, 0.2) is 0 Å². The minimum atomic E-state index is 0.641. The van der Waals surface area contributed by atoms with Crippen LogP contribution < -0.4 is 0 Å². The molecule has 2 heterocycles. The Morgan fingerprint density at radius 2 is 0.750 bits per heavy atom. The third-order valence-electron chi connectivity index (χ3n) is 10.1. The van der Waals surface area contributed by atoms with Crippen LogP contribution in [0.3, 0.4) is 0 Å². The molecule has 52 heavy (non-hydrogen) atoms. The average Bonchev–Trinajstić information content (AvgIpc) is 3.78. The lowest BCUT2D eigenvalue weighted by Crippen LogP contribution is -1.94. The second-order valence-electron chi connectivity index (χ2n) is 13.2. The Morgan fingerprint density at radius 1 is 0.327 bits per heavy atom. The van der Waals surface area contributed by atoms with Crippen molar-refractivity contribution in [2.45, 2.75) is 0 Å². The third-order valence-corrected chi connectivity index (χ3v) is 12.4. The molecule has 0 saturated heterocycles. The van der Waals surface area contributed by atoms with Crippen LogP contribution in [0.2, 0.25) is 0 Å². The van der Waals surface area contributed by atoms with Gasteiger partial charge in [-0.05, 0) is 122 Å². The van der Waals surface area contributed by atoms with Crippen molar-refractivity contribution in [2.24, 2.45) is 0 Å². The SMILES string of the molecule is N#Cc1cc(-c2ccccc2)c(-c2cc(-c3ccc4sc5ccccc5c4c3)cc(-c3ccc4sc5ccccc5c4c3)c2)c(-c2ccccc2)c1. The van der Waals surface area contributed by atoms with Gasteiger partial charge in [0.05, 0.1) is 11.6 Å². The Balaban J connectivity index is 1.28. The molecule has 8 aromatic carbocycles. The van der Waals surface area contributed by atoms with Crippen LogP contribution in [-0.4, -0.2) is 0 Å². The van der Waals surface area contributed by atoms with Crippen LogP contribution in [0, 0.1) is 11.3 Å². The molecular weight excluding hydrogens is 667 g/mol. The van der Waals surface area contributed by atoms with Crippen molar-refractivity contribution < 1.29 is 0 Å². The van der Waals surface area contributed by atoms with Crippen LogP contribution in [0.15, 0.2) is 176 Å². The Bertz CT molecular complexity index is 2820. The first-order valence-corrected chi connectivity index (χ1v) is 19.0. The van der Waals surface area contributed by atoms with Crippen molar-refractivity contribution in [3.05, 3.63) is 181 Å². The molecule has 2 aromatic heterocycles. The summed E-state index contributed by atoms with van der Waals surface area (Å²) in [5.74, 6) is 0. The van der Waals surface area contributed by atoms with Gasteiger partial charge in [-0.2, -0.15) is 5.26 Å². The predicted molar refractivity (Wildman–Crippen MR) is 224 cm³/mol. The van der Waals surface area contributed by atoms with Crippen molar-refractivity contribution in [1.29, 1.82) is 5.26 Å². The summed E-state index contributed by atoms with van der Waals surface area (Å²) in [7, 11) is 0. The highest BCUT2D eigenvalue weighted by molar-refractivity contribution is 7.26. The molecule has 10 aromatic rings. The zero-order chi connectivity index (χ0) is 34.6. The van der Waals surface area contributed by atoms with Crippen molar-refractivity contribution >= 4 is 63.0 Å². The normalized spacial score (nSPS) is 11.4. The van der Waals surface area contributed by atoms with Gasteiger partial charge >= 0.3 is 0 Å². The maximum absolute atomic E-state index is 10.3. The molecule has 242 valence electrons. The first-order valence-electron chi connectivity index (χ1n) is 17.4. The molecule has 10 rings (SSSR count). The number of nitriles is 1. The number of hydrogen-bond acceptors (Lipinski definition) is 3. The summed E-state index contributed by atoms with van der Waals surface area (Å²) < 4.78 is 5.19. The van der Waals surface area contributed by atoms with Gasteiger partial charge in [-0.1, -0.05) is 109 Å². The van der Waals surface area contributed by atoms with Gasteiger partial charge in [0, 0.05) is 40.3 Å². The molecule has 0 bridgehead atoms. The fourth-order valence-electron chi connectivity index (χ4n) is 7.62. The molecule has 0 unspecified atom stereocenters. The summed E-state index contributed by atoms with van der Waals surface area (Å²) >= 11 is 3.69. The molecule has 0 atom stereocenters. The van der Waals surface area contributed by atoms with Gasteiger partial charge in [-0.3, -0.25) is 0 Å². The van der Waals surface area contributed by atoms with E-state index < -0.39 is 0 Å².